The molecule has 1 atom stereocenters. The molecule has 1 saturated heterocycles. The zero-order valence-electron chi connectivity index (χ0n) is 16.0. The molecule has 6 heteroatoms. The summed E-state index contributed by atoms with van der Waals surface area (Å²) in [5.41, 5.74) is 1.15. The van der Waals surface area contributed by atoms with Gasteiger partial charge in [-0.25, -0.2) is 4.39 Å². The summed E-state index contributed by atoms with van der Waals surface area (Å²) >= 11 is 0. The van der Waals surface area contributed by atoms with Gasteiger partial charge in [-0.05, 0) is 43.2 Å². The van der Waals surface area contributed by atoms with Gasteiger partial charge in [-0.2, -0.15) is 0 Å². The third kappa shape index (κ3) is 3.26. The molecule has 1 amide bonds. The van der Waals surface area contributed by atoms with Crippen molar-refractivity contribution in [2.45, 2.75) is 26.3 Å². The van der Waals surface area contributed by atoms with E-state index in [1.54, 1.807) is 37.3 Å². The first-order chi connectivity index (χ1) is 13.4. The summed E-state index contributed by atoms with van der Waals surface area (Å²) in [6, 6.07) is 10.0. The van der Waals surface area contributed by atoms with Crippen molar-refractivity contribution in [2.24, 2.45) is 0 Å². The molecule has 0 aliphatic carbocycles. The van der Waals surface area contributed by atoms with Crippen molar-refractivity contribution in [2.75, 3.05) is 13.7 Å². The first-order valence-corrected chi connectivity index (χ1v) is 9.08. The number of methoxy groups -OCH3 is 1. The van der Waals surface area contributed by atoms with E-state index in [0.29, 0.717) is 23.3 Å². The van der Waals surface area contributed by atoms with E-state index < -0.39 is 23.5 Å². The van der Waals surface area contributed by atoms with E-state index in [1.807, 2.05) is 6.92 Å². The Bertz CT molecular complexity index is 967. The molecule has 28 heavy (non-hydrogen) atoms. The quantitative estimate of drug-likeness (QED) is 0.482. The van der Waals surface area contributed by atoms with Gasteiger partial charge in [0.15, 0.2) is 0 Å². The average Bonchev–Trinajstić information content (AvgIpc) is 2.93. The molecule has 5 nitrogen and oxygen atoms in total. The minimum atomic E-state index is -0.970. The number of aliphatic hydroxyl groups is 1. The largest absolute Gasteiger partial charge is 0.507 e. The second-order valence-corrected chi connectivity index (χ2v) is 6.69. The molecule has 0 aromatic heterocycles. The van der Waals surface area contributed by atoms with Crippen molar-refractivity contribution < 1.29 is 23.8 Å². The average molecular weight is 383 g/mol. The van der Waals surface area contributed by atoms with E-state index in [4.69, 9.17) is 4.74 Å². The van der Waals surface area contributed by atoms with E-state index in [1.165, 1.54) is 24.1 Å². The molecule has 1 heterocycles. The number of hydrogen-bond donors (Lipinski definition) is 1. The number of benzene rings is 2. The van der Waals surface area contributed by atoms with E-state index in [0.717, 1.165) is 0 Å². The topological polar surface area (TPSA) is 66.8 Å². The number of carbonyl (C=O) groups excluding carboxylic acids is 2. The Morgan fingerprint density at radius 1 is 1.21 bits per heavy atom. The molecule has 1 aliphatic rings. The highest BCUT2D eigenvalue weighted by atomic mass is 19.1. The number of ether oxygens (including phenoxy) is 1. The van der Waals surface area contributed by atoms with Gasteiger partial charge in [-0.3, -0.25) is 9.59 Å². The van der Waals surface area contributed by atoms with Gasteiger partial charge in [0, 0.05) is 17.7 Å². The standard InChI is InChI=1S/C22H22FNO4/c1-4-11-24-19(16-7-5-6-8-17(16)23)18(21(26)22(24)27)20(25)15-10-9-14(28-3)12-13(15)2/h5-10,12,19,25H,4,11H2,1-3H3/b20-18+. The SMILES string of the molecule is CCCN1C(=O)C(=O)/C(=C(/O)c2ccc(OC)cc2C)C1c1ccccc1F. The van der Waals surface area contributed by atoms with Gasteiger partial charge in [0.05, 0.1) is 18.7 Å². The fourth-order valence-corrected chi connectivity index (χ4v) is 3.55. The van der Waals surface area contributed by atoms with Crippen LogP contribution in [0.2, 0.25) is 0 Å². The van der Waals surface area contributed by atoms with Crippen LogP contribution in [0.15, 0.2) is 48.0 Å². The highest BCUT2D eigenvalue weighted by Crippen LogP contribution is 2.40. The highest BCUT2D eigenvalue weighted by Gasteiger charge is 2.46. The number of nitrogens with zero attached hydrogens (tertiary/aromatic N) is 1. The number of halogens is 1. The van der Waals surface area contributed by atoms with Gasteiger partial charge in [-0.1, -0.05) is 25.1 Å². The maximum absolute atomic E-state index is 14.6. The minimum Gasteiger partial charge on any atom is -0.507 e. The van der Waals surface area contributed by atoms with Crippen molar-refractivity contribution in [3.05, 3.63) is 70.5 Å². The third-order valence-corrected chi connectivity index (χ3v) is 4.89. The lowest BCUT2D eigenvalue weighted by atomic mass is 9.93. The molecule has 3 rings (SSSR count). The zero-order valence-corrected chi connectivity index (χ0v) is 16.0. The van der Waals surface area contributed by atoms with Crippen LogP contribution in [0.25, 0.3) is 5.76 Å². The van der Waals surface area contributed by atoms with E-state index >= 15 is 0 Å². The summed E-state index contributed by atoms with van der Waals surface area (Å²) in [5, 5.41) is 11.0. The molecule has 0 saturated carbocycles. The van der Waals surface area contributed by atoms with Crippen LogP contribution in [0.3, 0.4) is 0 Å². The summed E-state index contributed by atoms with van der Waals surface area (Å²) in [5.74, 6) is -1.79. The van der Waals surface area contributed by atoms with Crippen molar-refractivity contribution in [3.63, 3.8) is 0 Å². The second kappa shape index (κ2) is 7.84. The fourth-order valence-electron chi connectivity index (χ4n) is 3.55. The van der Waals surface area contributed by atoms with Crippen LogP contribution in [0.5, 0.6) is 5.75 Å². The lowest BCUT2D eigenvalue weighted by Gasteiger charge is -2.25. The van der Waals surface area contributed by atoms with Crippen LogP contribution in [0.1, 0.15) is 36.1 Å². The maximum atomic E-state index is 14.6. The van der Waals surface area contributed by atoms with E-state index in [-0.39, 0.29) is 23.4 Å². The van der Waals surface area contributed by atoms with E-state index in [2.05, 4.69) is 0 Å². The Morgan fingerprint density at radius 2 is 1.93 bits per heavy atom. The van der Waals surface area contributed by atoms with Crippen molar-refractivity contribution in [1.29, 1.82) is 0 Å². The third-order valence-electron chi connectivity index (χ3n) is 4.89. The number of aliphatic hydroxyl groups excluding tert-OH is 1. The second-order valence-electron chi connectivity index (χ2n) is 6.69. The zero-order chi connectivity index (χ0) is 20.4. The lowest BCUT2D eigenvalue weighted by molar-refractivity contribution is -0.139. The molecular weight excluding hydrogens is 361 g/mol. The number of aryl methyl sites for hydroxylation is 1. The molecule has 146 valence electrons. The Kier molecular flexibility index (Phi) is 5.49. The van der Waals surface area contributed by atoms with Crippen LogP contribution in [0.4, 0.5) is 4.39 Å². The Morgan fingerprint density at radius 3 is 2.54 bits per heavy atom. The Labute approximate surface area is 163 Å². The molecule has 0 bridgehead atoms. The van der Waals surface area contributed by atoms with Crippen LogP contribution < -0.4 is 4.74 Å². The first-order valence-electron chi connectivity index (χ1n) is 9.08. The van der Waals surface area contributed by atoms with Crippen LogP contribution in [0, 0.1) is 12.7 Å². The van der Waals surface area contributed by atoms with Gasteiger partial charge >= 0.3 is 0 Å². The molecule has 0 spiro atoms. The molecule has 1 unspecified atom stereocenters. The maximum Gasteiger partial charge on any atom is 0.295 e. The molecule has 1 N–H and O–H groups in total. The number of amides is 1. The van der Waals surface area contributed by atoms with Crippen LogP contribution in [-0.2, 0) is 9.59 Å². The summed E-state index contributed by atoms with van der Waals surface area (Å²) in [7, 11) is 1.53. The number of Topliss-reactive ketones (excluding diaryl/α,β-unsaturated/α-hetero) is 1. The number of rotatable bonds is 5. The Balaban J connectivity index is 2.23. The minimum absolute atomic E-state index is 0.100. The molecule has 1 fully saturated rings. The molecular formula is C22H22FNO4. The van der Waals surface area contributed by atoms with Gasteiger partial charge < -0.3 is 14.7 Å². The molecule has 2 aromatic carbocycles. The van der Waals surface area contributed by atoms with Crippen LogP contribution >= 0.6 is 0 Å². The van der Waals surface area contributed by atoms with Crippen molar-refractivity contribution in [1.82, 2.24) is 4.90 Å². The van der Waals surface area contributed by atoms with Crippen molar-refractivity contribution >= 4 is 17.4 Å². The van der Waals surface area contributed by atoms with Gasteiger partial charge in [0.1, 0.15) is 17.3 Å². The summed E-state index contributed by atoms with van der Waals surface area (Å²) in [6.07, 6.45) is 0.597. The van der Waals surface area contributed by atoms with Gasteiger partial charge in [-0.15, -0.1) is 0 Å². The smallest absolute Gasteiger partial charge is 0.295 e. The fraction of sp³-hybridized carbons (Fsp3) is 0.273. The highest BCUT2D eigenvalue weighted by molar-refractivity contribution is 6.46. The van der Waals surface area contributed by atoms with Gasteiger partial charge in [0.2, 0.25) is 0 Å². The Hall–Kier alpha value is -3.15. The molecule has 1 aliphatic heterocycles. The number of hydrogen-bond acceptors (Lipinski definition) is 4. The first kappa shape index (κ1) is 19.6. The normalized spacial score (nSPS) is 18.6. The monoisotopic (exact) mass is 383 g/mol. The van der Waals surface area contributed by atoms with E-state index in [9.17, 15) is 19.1 Å². The number of likely N-dealkylation sites (tertiary alicyclic amines) is 1. The predicted molar refractivity (Wildman–Crippen MR) is 103 cm³/mol. The number of ketones is 1. The predicted octanol–water partition coefficient (Wildman–Crippen LogP) is 3.97. The summed E-state index contributed by atoms with van der Waals surface area (Å²) in [4.78, 5) is 26.7. The molecule has 0 radical (unpaired) electrons. The number of carbonyl (C=O) groups is 2. The van der Waals surface area contributed by atoms with Crippen molar-refractivity contribution in [3.8, 4) is 5.75 Å². The lowest BCUT2D eigenvalue weighted by Crippen LogP contribution is -2.30. The van der Waals surface area contributed by atoms with Crippen LogP contribution in [-0.4, -0.2) is 35.4 Å². The summed E-state index contributed by atoms with van der Waals surface area (Å²) < 4.78 is 19.7. The molecule has 2 aromatic rings. The van der Waals surface area contributed by atoms with Gasteiger partial charge in [0.25, 0.3) is 11.7 Å². The summed E-state index contributed by atoms with van der Waals surface area (Å²) in [6.45, 7) is 3.91.